The number of hydrogen-bond acceptors (Lipinski definition) is 7. The number of nitrogens with zero attached hydrogens (tertiary/aromatic N) is 1. The number of carbonyl (C=O) groups is 4. The number of nitrogens with one attached hydrogen (secondary N) is 1. The molecule has 1 aliphatic heterocycles. The predicted octanol–water partition coefficient (Wildman–Crippen LogP) is 6.14. The summed E-state index contributed by atoms with van der Waals surface area (Å²) in [6.45, 7) is -0.0894. The number of hydrogen-bond donors (Lipinski definition) is 1. The first-order chi connectivity index (χ1) is 18.2. The lowest BCUT2D eigenvalue weighted by atomic mass is 10.2. The fourth-order valence-electron chi connectivity index (χ4n) is 3.46. The SMILES string of the molecule is COC(=O)c1cc(NC(=O)CN2C(=O)S/C(=C/c3ccc(OCc4ccccc4)c(Br)c3)C2=O)ccc1Cl. The number of imide groups is 1. The van der Waals surface area contributed by atoms with Crippen molar-refractivity contribution in [3.63, 3.8) is 0 Å². The molecule has 1 saturated heterocycles. The van der Waals surface area contributed by atoms with Crippen LogP contribution in [0.2, 0.25) is 5.02 Å². The molecule has 38 heavy (non-hydrogen) atoms. The van der Waals surface area contributed by atoms with Gasteiger partial charge in [0.1, 0.15) is 18.9 Å². The van der Waals surface area contributed by atoms with Gasteiger partial charge in [0.2, 0.25) is 5.91 Å². The Kier molecular flexibility index (Phi) is 8.88. The van der Waals surface area contributed by atoms with Crippen LogP contribution < -0.4 is 10.1 Å². The number of rotatable bonds is 8. The highest BCUT2D eigenvalue weighted by Gasteiger charge is 2.36. The van der Waals surface area contributed by atoms with Crippen LogP contribution in [0.3, 0.4) is 0 Å². The quantitative estimate of drug-likeness (QED) is 0.240. The summed E-state index contributed by atoms with van der Waals surface area (Å²) < 4.78 is 11.2. The lowest BCUT2D eigenvalue weighted by Crippen LogP contribution is -2.36. The Labute approximate surface area is 236 Å². The molecule has 0 radical (unpaired) electrons. The number of esters is 1. The van der Waals surface area contributed by atoms with E-state index in [1.165, 1.54) is 25.3 Å². The van der Waals surface area contributed by atoms with E-state index in [1.807, 2.05) is 30.3 Å². The summed E-state index contributed by atoms with van der Waals surface area (Å²) in [5.74, 6) is -1.23. The third-order valence-corrected chi connectivity index (χ3v) is 7.18. The summed E-state index contributed by atoms with van der Waals surface area (Å²) in [5.41, 5.74) is 2.04. The van der Waals surface area contributed by atoms with Gasteiger partial charge in [0.05, 0.1) is 27.1 Å². The van der Waals surface area contributed by atoms with Gasteiger partial charge in [-0.3, -0.25) is 19.3 Å². The van der Waals surface area contributed by atoms with E-state index in [2.05, 4.69) is 26.0 Å². The number of thioether (sulfide) groups is 1. The highest BCUT2D eigenvalue weighted by atomic mass is 79.9. The minimum atomic E-state index is -0.662. The Morgan fingerprint density at radius 3 is 2.55 bits per heavy atom. The molecule has 4 rings (SSSR count). The first-order valence-electron chi connectivity index (χ1n) is 11.1. The molecular formula is C27H20BrClN2O6S. The standard InChI is InChI=1S/C27H20BrClN2O6S/c1-36-26(34)19-13-18(8-9-21(19)29)30-24(32)14-31-25(33)23(38-27(31)35)12-17-7-10-22(20(28)11-17)37-15-16-5-3-2-4-6-16/h2-13H,14-15H2,1H3,(H,30,32)/b23-12+. The third-order valence-electron chi connectivity index (χ3n) is 5.32. The molecule has 0 spiro atoms. The summed E-state index contributed by atoms with van der Waals surface area (Å²) in [5, 5.41) is 2.15. The van der Waals surface area contributed by atoms with Crippen molar-refractivity contribution in [1.82, 2.24) is 4.90 Å². The van der Waals surface area contributed by atoms with Gasteiger partial charge in [-0.2, -0.15) is 0 Å². The number of ether oxygens (including phenoxy) is 2. The first kappa shape index (κ1) is 27.4. The molecule has 1 N–H and O–H groups in total. The minimum absolute atomic E-state index is 0.0729. The Balaban J connectivity index is 1.40. The van der Waals surface area contributed by atoms with Crippen LogP contribution in [0.4, 0.5) is 10.5 Å². The van der Waals surface area contributed by atoms with Crippen molar-refractivity contribution in [3.05, 3.63) is 97.8 Å². The van der Waals surface area contributed by atoms with Crippen molar-refractivity contribution in [2.24, 2.45) is 0 Å². The Bertz CT molecular complexity index is 1450. The van der Waals surface area contributed by atoms with Crippen molar-refractivity contribution < 1.29 is 28.7 Å². The molecule has 1 heterocycles. The second-order valence-electron chi connectivity index (χ2n) is 7.97. The zero-order valence-electron chi connectivity index (χ0n) is 19.9. The Hall–Kier alpha value is -3.60. The van der Waals surface area contributed by atoms with Gasteiger partial charge in [0.15, 0.2) is 0 Å². The molecule has 1 aliphatic rings. The number of benzene rings is 3. The molecule has 0 saturated carbocycles. The van der Waals surface area contributed by atoms with Crippen LogP contribution in [-0.2, 0) is 20.9 Å². The zero-order valence-corrected chi connectivity index (χ0v) is 23.1. The molecule has 0 bridgehead atoms. The summed E-state index contributed by atoms with van der Waals surface area (Å²) >= 11 is 10.2. The summed E-state index contributed by atoms with van der Waals surface area (Å²) in [4.78, 5) is 50.8. The summed E-state index contributed by atoms with van der Waals surface area (Å²) in [7, 11) is 1.21. The molecule has 11 heteroatoms. The molecule has 3 amide bonds. The topological polar surface area (TPSA) is 102 Å². The van der Waals surface area contributed by atoms with Gasteiger partial charge in [-0.05, 0) is 75.2 Å². The molecule has 0 aromatic heterocycles. The molecule has 0 atom stereocenters. The average Bonchev–Trinajstić information content (AvgIpc) is 3.16. The second-order valence-corrected chi connectivity index (χ2v) is 10.2. The summed E-state index contributed by atoms with van der Waals surface area (Å²) in [6.07, 6.45) is 1.58. The lowest BCUT2D eigenvalue weighted by molar-refractivity contribution is -0.127. The van der Waals surface area contributed by atoms with E-state index < -0.39 is 29.6 Å². The maximum atomic E-state index is 12.9. The van der Waals surface area contributed by atoms with Crippen molar-refractivity contribution in [2.75, 3.05) is 19.0 Å². The number of halogens is 2. The van der Waals surface area contributed by atoms with E-state index in [-0.39, 0.29) is 21.2 Å². The molecule has 0 aliphatic carbocycles. The van der Waals surface area contributed by atoms with Gasteiger partial charge < -0.3 is 14.8 Å². The number of amides is 3. The first-order valence-corrected chi connectivity index (χ1v) is 13.1. The fraction of sp³-hybridized carbons (Fsp3) is 0.111. The van der Waals surface area contributed by atoms with E-state index in [0.29, 0.717) is 22.4 Å². The molecular weight excluding hydrogens is 596 g/mol. The van der Waals surface area contributed by atoms with Crippen molar-refractivity contribution in [1.29, 1.82) is 0 Å². The van der Waals surface area contributed by atoms with Crippen molar-refractivity contribution >= 4 is 74.1 Å². The van der Waals surface area contributed by atoms with E-state index in [9.17, 15) is 19.2 Å². The minimum Gasteiger partial charge on any atom is -0.488 e. The molecule has 8 nitrogen and oxygen atoms in total. The van der Waals surface area contributed by atoms with Gasteiger partial charge in [-0.25, -0.2) is 4.79 Å². The van der Waals surface area contributed by atoms with E-state index >= 15 is 0 Å². The third kappa shape index (κ3) is 6.63. The van der Waals surface area contributed by atoms with Crippen LogP contribution in [0.1, 0.15) is 21.5 Å². The van der Waals surface area contributed by atoms with E-state index in [0.717, 1.165) is 22.2 Å². The molecule has 0 unspecified atom stereocenters. The predicted molar refractivity (Wildman–Crippen MR) is 149 cm³/mol. The number of methoxy groups -OCH3 is 1. The van der Waals surface area contributed by atoms with Crippen LogP contribution in [0.5, 0.6) is 5.75 Å². The van der Waals surface area contributed by atoms with E-state index in [1.54, 1.807) is 24.3 Å². The molecule has 3 aromatic carbocycles. The average molecular weight is 616 g/mol. The molecule has 1 fully saturated rings. The van der Waals surface area contributed by atoms with Crippen LogP contribution in [-0.4, -0.2) is 41.6 Å². The van der Waals surface area contributed by atoms with Crippen molar-refractivity contribution in [3.8, 4) is 5.75 Å². The van der Waals surface area contributed by atoms with Crippen LogP contribution >= 0.6 is 39.3 Å². The van der Waals surface area contributed by atoms with Gasteiger partial charge in [-0.15, -0.1) is 0 Å². The van der Waals surface area contributed by atoms with Gasteiger partial charge in [-0.1, -0.05) is 48.0 Å². The maximum Gasteiger partial charge on any atom is 0.339 e. The lowest BCUT2D eigenvalue weighted by Gasteiger charge is -2.13. The Morgan fingerprint density at radius 1 is 1.08 bits per heavy atom. The smallest absolute Gasteiger partial charge is 0.339 e. The maximum absolute atomic E-state index is 12.9. The monoisotopic (exact) mass is 614 g/mol. The molecule has 3 aromatic rings. The Morgan fingerprint density at radius 2 is 1.84 bits per heavy atom. The van der Waals surface area contributed by atoms with Crippen LogP contribution in [0.25, 0.3) is 6.08 Å². The van der Waals surface area contributed by atoms with Gasteiger partial charge in [0, 0.05) is 5.69 Å². The summed E-state index contributed by atoms with van der Waals surface area (Å²) in [6, 6.07) is 19.3. The highest BCUT2D eigenvalue weighted by molar-refractivity contribution is 9.10. The van der Waals surface area contributed by atoms with Crippen LogP contribution in [0.15, 0.2) is 76.1 Å². The van der Waals surface area contributed by atoms with Gasteiger partial charge >= 0.3 is 5.97 Å². The highest BCUT2D eigenvalue weighted by Crippen LogP contribution is 2.34. The molecule has 194 valence electrons. The van der Waals surface area contributed by atoms with E-state index in [4.69, 9.17) is 16.3 Å². The normalized spacial score (nSPS) is 14.1. The fourth-order valence-corrected chi connectivity index (χ4v) is 5.00. The largest absolute Gasteiger partial charge is 0.488 e. The zero-order chi connectivity index (χ0) is 27.2. The van der Waals surface area contributed by atoms with Crippen molar-refractivity contribution in [2.45, 2.75) is 6.61 Å². The van der Waals surface area contributed by atoms with Crippen LogP contribution in [0, 0.1) is 0 Å². The second kappa shape index (κ2) is 12.3. The number of anilines is 1. The number of carbonyl (C=O) groups excluding carboxylic acids is 4. The van der Waals surface area contributed by atoms with Gasteiger partial charge in [0.25, 0.3) is 11.1 Å².